The van der Waals surface area contributed by atoms with Gasteiger partial charge in [-0.25, -0.2) is 4.98 Å². The van der Waals surface area contributed by atoms with Crippen molar-refractivity contribution in [3.63, 3.8) is 0 Å². The Balaban J connectivity index is 1.63. The molecule has 0 bridgehead atoms. The van der Waals surface area contributed by atoms with Gasteiger partial charge in [-0.05, 0) is 62.2 Å². The van der Waals surface area contributed by atoms with E-state index in [-0.39, 0.29) is 17.2 Å². The van der Waals surface area contributed by atoms with Crippen LogP contribution < -0.4 is 15.6 Å². The number of para-hydroxylation sites is 1. The third-order valence-corrected chi connectivity index (χ3v) is 7.49. The molecule has 0 radical (unpaired) electrons. The smallest absolute Gasteiger partial charge is 0.267 e. The SMILES string of the molecule is CCCc1sc2nc(SCC(=O)Nc3ccc(OCC)cc3)n(-c3ccccc3)c(=O)c2c1C. The minimum atomic E-state index is -0.169. The Morgan fingerprint density at radius 3 is 2.53 bits per heavy atom. The van der Waals surface area contributed by atoms with Crippen molar-refractivity contribution in [2.75, 3.05) is 17.7 Å². The van der Waals surface area contributed by atoms with E-state index in [0.29, 0.717) is 22.8 Å². The first-order chi connectivity index (χ1) is 16.5. The molecule has 0 aliphatic rings. The van der Waals surface area contributed by atoms with Crippen LogP contribution in [0.2, 0.25) is 0 Å². The molecule has 1 amide bonds. The summed E-state index contributed by atoms with van der Waals surface area (Å²) in [5.41, 5.74) is 2.34. The third-order valence-electron chi connectivity index (χ3n) is 5.31. The summed E-state index contributed by atoms with van der Waals surface area (Å²) in [5, 5.41) is 4.07. The number of amides is 1. The number of aromatic nitrogens is 2. The number of nitrogens with zero attached hydrogens (tertiary/aromatic N) is 2. The number of carbonyl (C=O) groups is 1. The van der Waals surface area contributed by atoms with E-state index in [1.807, 2.05) is 56.3 Å². The van der Waals surface area contributed by atoms with E-state index < -0.39 is 0 Å². The fourth-order valence-corrected chi connectivity index (χ4v) is 5.84. The van der Waals surface area contributed by atoms with Gasteiger partial charge >= 0.3 is 0 Å². The lowest BCUT2D eigenvalue weighted by Crippen LogP contribution is -2.22. The summed E-state index contributed by atoms with van der Waals surface area (Å²) < 4.78 is 7.06. The maximum absolute atomic E-state index is 13.6. The van der Waals surface area contributed by atoms with Crippen molar-refractivity contribution in [3.8, 4) is 11.4 Å². The van der Waals surface area contributed by atoms with E-state index in [0.717, 1.165) is 34.7 Å². The van der Waals surface area contributed by atoms with Crippen molar-refractivity contribution in [2.24, 2.45) is 0 Å². The summed E-state index contributed by atoms with van der Waals surface area (Å²) in [7, 11) is 0. The van der Waals surface area contributed by atoms with Gasteiger partial charge in [-0.15, -0.1) is 11.3 Å². The lowest BCUT2D eigenvalue weighted by atomic mass is 10.1. The second-order valence-electron chi connectivity index (χ2n) is 7.75. The monoisotopic (exact) mass is 493 g/mol. The van der Waals surface area contributed by atoms with Gasteiger partial charge in [0.15, 0.2) is 5.16 Å². The molecule has 6 nitrogen and oxygen atoms in total. The average Bonchev–Trinajstić information content (AvgIpc) is 3.15. The van der Waals surface area contributed by atoms with Gasteiger partial charge in [0.05, 0.1) is 23.4 Å². The molecule has 0 saturated carbocycles. The quantitative estimate of drug-likeness (QED) is 0.234. The first-order valence-electron chi connectivity index (χ1n) is 11.3. The fourth-order valence-electron chi connectivity index (χ4n) is 3.71. The summed E-state index contributed by atoms with van der Waals surface area (Å²) >= 11 is 2.83. The number of nitrogens with one attached hydrogen (secondary N) is 1. The highest BCUT2D eigenvalue weighted by Gasteiger charge is 2.19. The van der Waals surface area contributed by atoms with Crippen LogP contribution >= 0.6 is 23.1 Å². The van der Waals surface area contributed by atoms with E-state index in [1.165, 1.54) is 16.6 Å². The molecular weight excluding hydrogens is 466 g/mol. The topological polar surface area (TPSA) is 73.2 Å². The first-order valence-corrected chi connectivity index (χ1v) is 13.1. The molecule has 0 unspecified atom stereocenters. The van der Waals surface area contributed by atoms with E-state index in [2.05, 4.69) is 12.2 Å². The first kappa shape index (κ1) is 24.0. The van der Waals surface area contributed by atoms with Crippen LogP contribution in [-0.2, 0) is 11.2 Å². The Morgan fingerprint density at radius 2 is 1.85 bits per heavy atom. The number of aryl methyl sites for hydroxylation is 2. The molecule has 0 aliphatic heterocycles. The van der Waals surface area contributed by atoms with Crippen molar-refractivity contribution in [3.05, 3.63) is 75.4 Å². The number of thioether (sulfide) groups is 1. The lowest BCUT2D eigenvalue weighted by molar-refractivity contribution is -0.113. The Kier molecular flexibility index (Phi) is 7.70. The van der Waals surface area contributed by atoms with Crippen LogP contribution in [0.25, 0.3) is 15.9 Å². The van der Waals surface area contributed by atoms with Gasteiger partial charge in [0, 0.05) is 10.6 Å². The molecule has 34 heavy (non-hydrogen) atoms. The number of thiophene rings is 1. The van der Waals surface area contributed by atoms with Gasteiger partial charge in [0.2, 0.25) is 5.91 Å². The van der Waals surface area contributed by atoms with Crippen LogP contribution in [0.3, 0.4) is 0 Å². The Bertz CT molecular complexity index is 1350. The van der Waals surface area contributed by atoms with Gasteiger partial charge in [0.1, 0.15) is 10.6 Å². The summed E-state index contributed by atoms with van der Waals surface area (Å²) in [6.45, 7) is 6.64. The number of fused-ring (bicyclic) bond motifs is 1. The zero-order valence-corrected chi connectivity index (χ0v) is 21.1. The normalized spacial score (nSPS) is 11.0. The molecule has 0 spiro atoms. The molecule has 176 valence electrons. The van der Waals surface area contributed by atoms with E-state index >= 15 is 0 Å². The number of carbonyl (C=O) groups excluding carboxylic acids is 1. The number of ether oxygens (including phenoxy) is 1. The maximum atomic E-state index is 13.6. The highest BCUT2D eigenvalue weighted by molar-refractivity contribution is 7.99. The molecule has 0 fully saturated rings. The van der Waals surface area contributed by atoms with Gasteiger partial charge in [-0.1, -0.05) is 43.3 Å². The second kappa shape index (κ2) is 10.9. The van der Waals surface area contributed by atoms with Crippen molar-refractivity contribution >= 4 is 44.9 Å². The van der Waals surface area contributed by atoms with Crippen LogP contribution in [-0.4, -0.2) is 27.8 Å². The summed E-state index contributed by atoms with van der Waals surface area (Å²) in [4.78, 5) is 33.0. The number of benzene rings is 2. The number of rotatable bonds is 9. The summed E-state index contributed by atoms with van der Waals surface area (Å²) in [6.07, 6.45) is 1.93. The number of hydrogen-bond acceptors (Lipinski definition) is 6. The van der Waals surface area contributed by atoms with Crippen molar-refractivity contribution in [1.82, 2.24) is 9.55 Å². The molecule has 4 aromatic rings. The lowest BCUT2D eigenvalue weighted by Gasteiger charge is -2.12. The molecule has 2 heterocycles. The third kappa shape index (κ3) is 5.18. The zero-order chi connectivity index (χ0) is 24.1. The molecule has 2 aromatic carbocycles. The average molecular weight is 494 g/mol. The van der Waals surface area contributed by atoms with Crippen LogP contribution in [0.15, 0.2) is 64.5 Å². The summed E-state index contributed by atoms with van der Waals surface area (Å²) in [5.74, 6) is 0.717. The fraction of sp³-hybridized carbons (Fsp3) is 0.269. The largest absolute Gasteiger partial charge is 0.494 e. The molecule has 8 heteroatoms. The van der Waals surface area contributed by atoms with Gasteiger partial charge in [-0.2, -0.15) is 0 Å². The van der Waals surface area contributed by atoms with Crippen molar-refractivity contribution in [2.45, 2.75) is 38.8 Å². The van der Waals surface area contributed by atoms with Gasteiger partial charge in [0.25, 0.3) is 5.56 Å². The second-order valence-corrected chi connectivity index (χ2v) is 9.77. The molecule has 0 saturated heterocycles. The van der Waals surface area contributed by atoms with Crippen molar-refractivity contribution < 1.29 is 9.53 Å². The minimum absolute atomic E-state index is 0.0956. The number of hydrogen-bond donors (Lipinski definition) is 1. The van der Waals surface area contributed by atoms with Crippen molar-refractivity contribution in [1.29, 1.82) is 0 Å². The minimum Gasteiger partial charge on any atom is -0.494 e. The standard InChI is InChI=1S/C26H27N3O3S2/c1-4-9-21-17(3)23-24(34-21)28-26(29(25(23)31)19-10-7-6-8-11-19)33-16-22(30)27-18-12-14-20(15-13-18)32-5-2/h6-8,10-15H,4-5,9,16H2,1-3H3,(H,27,30). The molecule has 0 aliphatic carbocycles. The van der Waals surface area contributed by atoms with E-state index in [4.69, 9.17) is 9.72 Å². The molecular formula is C26H27N3O3S2. The Morgan fingerprint density at radius 1 is 1.12 bits per heavy atom. The molecule has 2 aromatic heterocycles. The van der Waals surface area contributed by atoms with Crippen LogP contribution in [0.1, 0.15) is 30.7 Å². The highest BCUT2D eigenvalue weighted by Crippen LogP contribution is 2.31. The Hall–Kier alpha value is -3.10. The number of anilines is 1. The van der Waals surface area contributed by atoms with Crippen LogP contribution in [0.4, 0.5) is 5.69 Å². The molecule has 4 rings (SSSR count). The predicted molar refractivity (Wildman–Crippen MR) is 141 cm³/mol. The van der Waals surface area contributed by atoms with E-state index in [9.17, 15) is 9.59 Å². The molecule has 0 atom stereocenters. The van der Waals surface area contributed by atoms with E-state index in [1.54, 1.807) is 28.0 Å². The van der Waals surface area contributed by atoms with Crippen LogP contribution in [0, 0.1) is 6.92 Å². The Labute approximate surface area is 207 Å². The maximum Gasteiger partial charge on any atom is 0.267 e. The summed E-state index contributed by atoms with van der Waals surface area (Å²) in [6, 6.07) is 16.7. The van der Waals surface area contributed by atoms with Gasteiger partial charge < -0.3 is 10.1 Å². The zero-order valence-electron chi connectivity index (χ0n) is 19.5. The van der Waals surface area contributed by atoms with Gasteiger partial charge in [-0.3, -0.25) is 14.2 Å². The van der Waals surface area contributed by atoms with Crippen LogP contribution in [0.5, 0.6) is 5.75 Å². The highest BCUT2D eigenvalue weighted by atomic mass is 32.2. The predicted octanol–water partition coefficient (Wildman–Crippen LogP) is 5.84. The molecule has 1 N–H and O–H groups in total.